The number of hydrogen-bond donors (Lipinski definition) is 1. The summed E-state index contributed by atoms with van der Waals surface area (Å²) in [6, 6.07) is 5.14. The molecule has 1 spiro atoms. The van der Waals surface area contributed by atoms with Crippen molar-refractivity contribution in [2.45, 2.75) is 43.4 Å². The van der Waals surface area contributed by atoms with Crippen LogP contribution in [0.15, 0.2) is 18.2 Å². The first-order valence-corrected chi connectivity index (χ1v) is 7.06. The van der Waals surface area contributed by atoms with Gasteiger partial charge in [-0.25, -0.2) is 4.39 Å². The molecule has 19 heavy (non-hydrogen) atoms. The van der Waals surface area contributed by atoms with Crippen molar-refractivity contribution >= 4 is 0 Å². The number of fused-ring (bicyclic) bond motifs is 1. The second-order valence-electron chi connectivity index (χ2n) is 6.14. The Balaban J connectivity index is 1.63. The molecule has 4 rings (SSSR count). The van der Waals surface area contributed by atoms with Crippen LogP contribution in [0.25, 0.3) is 0 Å². The van der Waals surface area contributed by atoms with Gasteiger partial charge in [0.15, 0.2) is 0 Å². The van der Waals surface area contributed by atoms with Crippen LogP contribution < -0.4 is 4.74 Å². The van der Waals surface area contributed by atoms with Crippen molar-refractivity contribution in [3.63, 3.8) is 0 Å². The fourth-order valence-electron chi connectivity index (χ4n) is 3.49. The highest BCUT2D eigenvalue weighted by atomic mass is 19.1. The van der Waals surface area contributed by atoms with Crippen LogP contribution in [0.3, 0.4) is 0 Å². The highest BCUT2D eigenvalue weighted by Gasteiger charge is 2.48. The quantitative estimate of drug-likeness (QED) is 0.843. The molecule has 3 nitrogen and oxygen atoms in total. The average molecular weight is 263 g/mol. The summed E-state index contributed by atoms with van der Waals surface area (Å²) in [5.74, 6) is 0.219. The number of rotatable bonds is 1. The van der Waals surface area contributed by atoms with E-state index in [1.165, 1.54) is 25.0 Å². The van der Waals surface area contributed by atoms with Crippen molar-refractivity contribution in [2.24, 2.45) is 0 Å². The van der Waals surface area contributed by atoms with Gasteiger partial charge in [-0.15, -0.1) is 0 Å². The highest BCUT2D eigenvalue weighted by Crippen LogP contribution is 2.45. The zero-order valence-electron chi connectivity index (χ0n) is 10.8. The van der Waals surface area contributed by atoms with E-state index in [4.69, 9.17) is 4.74 Å². The maximum absolute atomic E-state index is 13.3. The number of aliphatic hydroxyl groups is 1. The maximum atomic E-state index is 13.3. The molecule has 0 amide bonds. The van der Waals surface area contributed by atoms with Gasteiger partial charge in [-0.3, -0.25) is 4.90 Å². The molecule has 4 heteroatoms. The predicted octanol–water partition coefficient (Wildman–Crippen LogP) is 2.25. The largest absolute Gasteiger partial charge is 0.485 e. The van der Waals surface area contributed by atoms with Crippen molar-refractivity contribution < 1.29 is 14.2 Å². The molecule has 2 aliphatic heterocycles. The van der Waals surface area contributed by atoms with Gasteiger partial charge in [-0.2, -0.15) is 0 Å². The summed E-state index contributed by atoms with van der Waals surface area (Å²) in [4.78, 5) is 2.46. The molecule has 0 aromatic heterocycles. The first-order chi connectivity index (χ1) is 9.15. The van der Waals surface area contributed by atoms with E-state index in [9.17, 15) is 9.50 Å². The molecular weight excluding hydrogens is 245 g/mol. The summed E-state index contributed by atoms with van der Waals surface area (Å²) in [5, 5.41) is 10.3. The summed E-state index contributed by atoms with van der Waals surface area (Å²) in [6.07, 6.45) is 3.57. The van der Waals surface area contributed by atoms with E-state index in [0.717, 1.165) is 25.1 Å². The Morgan fingerprint density at radius 3 is 3.00 bits per heavy atom. The lowest BCUT2D eigenvalue weighted by Gasteiger charge is -2.38. The zero-order valence-corrected chi connectivity index (χ0v) is 10.8. The second kappa shape index (κ2) is 3.93. The van der Waals surface area contributed by atoms with Crippen LogP contribution in [0.5, 0.6) is 5.75 Å². The lowest BCUT2D eigenvalue weighted by atomic mass is 9.88. The van der Waals surface area contributed by atoms with Gasteiger partial charge < -0.3 is 9.84 Å². The molecule has 1 aliphatic carbocycles. The Morgan fingerprint density at radius 2 is 2.21 bits per heavy atom. The summed E-state index contributed by atoms with van der Waals surface area (Å²) >= 11 is 0. The summed E-state index contributed by atoms with van der Waals surface area (Å²) in [5.41, 5.74) is 0.403. The smallest absolute Gasteiger partial charge is 0.128 e. The lowest BCUT2D eigenvalue weighted by molar-refractivity contribution is -0.00789. The van der Waals surface area contributed by atoms with Crippen molar-refractivity contribution in [1.29, 1.82) is 0 Å². The number of nitrogens with zero attached hydrogens (tertiary/aromatic N) is 1. The Morgan fingerprint density at radius 1 is 1.37 bits per heavy atom. The maximum Gasteiger partial charge on any atom is 0.128 e. The van der Waals surface area contributed by atoms with Gasteiger partial charge >= 0.3 is 0 Å². The summed E-state index contributed by atoms with van der Waals surface area (Å²) in [7, 11) is 0. The Bertz CT molecular complexity index is 517. The van der Waals surface area contributed by atoms with E-state index in [1.54, 1.807) is 6.07 Å². The first-order valence-electron chi connectivity index (χ1n) is 7.06. The normalized spacial score (nSPS) is 34.3. The molecule has 2 atom stereocenters. The van der Waals surface area contributed by atoms with Crippen LogP contribution in [-0.2, 0) is 0 Å². The number of halogens is 1. The van der Waals surface area contributed by atoms with E-state index < -0.39 is 6.10 Å². The fraction of sp³-hybridized carbons (Fsp3) is 0.600. The van der Waals surface area contributed by atoms with Crippen LogP contribution >= 0.6 is 0 Å². The molecular formula is C15H18FNO2. The SMILES string of the molecule is O[C@H]1CC2(CCN(C3CC3)C2)Oc2cc(F)ccc21. The minimum absolute atomic E-state index is 0.306. The minimum atomic E-state index is -0.538. The molecule has 102 valence electrons. The van der Waals surface area contributed by atoms with E-state index >= 15 is 0 Å². The average Bonchev–Trinajstić information content (AvgIpc) is 3.13. The fourth-order valence-corrected chi connectivity index (χ4v) is 3.49. The molecule has 0 radical (unpaired) electrons. The molecule has 0 bridgehead atoms. The van der Waals surface area contributed by atoms with Crippen molar-refractivity contribution in [2.75, 3.05) is 13.1 Å². The first kappa shape index (κ1) is 11.7. The summed E-state index contributed by atoms with van der Waals surface area (Å²) < 4.78 is 19.4. The van der Waals surface area contributed by atoms with Gasteiger partial charge in [-0.05, 0) is 25.0 Å². The number of likely N-dealkylation sites (tertiary alicyclic amines) is 1. The second-order valence-corrected chi connectivity index (χ2v) is 6.14. The molecule has 2 fully saturated rings. The lowest BCUT2D eigenvalue weighted by Crippen LogP contribution is -2.44. The van der Waals surface area contributed by atoms with Gasteiger partial charge in [-0.1, -0.05) is 0 Å². The van der Waals surface area contributed by atoms with Crippen molar-refractivity contribution in [1.82, 2.24) is 4.90 Å². The third-order valence-electron chi connectivity index (χ3n) is 4.64. The third kappa shape index (κ3) is 1.94. The molecule has 2 heterocycles. The molecule has 1 aromatic carbocycles. The van der Waals surface area contributed by atoms with E-state index in [1.807, 2.05) is 0 Å². The van der Waals surface area contributed by atoms with Crippen LogP contribution in [0.1, 0.15) is 37.4 Å². The number of ether oxygens (including phenoxy) is 1. The van der Waals surface area contributed by atoms with Crippen molar-refractivity contribution in [3.8, 4) is 5.75 Å². The van der Waals surface area contributed by atoms with E-state index in [0.29, 0.717) is 18.2 Å². The summed E-state index contributed by atoms with van der Waals surface area (Å²) in [6.45, 7) is 1.90. The molecule has 1 saturated heterocycles. The molecule has 3 aliphatic rings. The molecule has 1 aromatic rings. The Kier molecular flexibility index (Phi) is 2.42. The van der Waals surface area contributed by atoms with Gasteiger partial charge in [0.25, 0.3) is 0 Å². The van der Waals surface area contributed by atoms with E-state index in [-0.39, 0.29) is 11.4 Å². The molecule has 1 unspecified atom stereocenters. The minimum Gasteiger partial charge on any atom is -0.485 e. The Labute approximate surface area is 112 Å². The van der Waals surface area contributed by atoms with Gasteiger partial charge in [0, 0.05) is 43.6 Å². The third-order valence-corrected chi connectivity index (χ3v) is 4.64. The predicted molar refractivity (Wildman–Crippen MR) is 68.5 cm³/mol. The molecule has 1 N–H and O–H groups in total. The number of aliphatic hydroxyl groups excluding tert-OH is 1. The van der Waals surface area contributed by atoms with Crippen LogP contribution in [0, 0.1) is 5.82 Å². The van der Waals surface area contributed by atoms with E-state index in [2.05, 4.69) is 4.90 Å². The zero-order chi connectivity index (χ0) is 13.0. The van der Waals surface area contributed by atoms with Crippen LogP contribution in [0.4, 0.5) is 4.39 Å². The number of hydrogen-bond acceptors (Lipinski definition) is 3. The number of benzene rings is 1. The highest BCUT2D eigenvalue weighted by molar-refractivity contribution is 5.39. The van der Waals surface area contributed by atoms with Crippen LogP contribution in [-0.4, -0.2) is 34.7 Å². The topological polar surface area (TPSA) is 32.7 Å². The standard InChI is InChI=1S/C15H18FNO2/c16-10-1-4-12-13(18)8-15(19-14(12)7-10)5-6-17(9-15)11-2-3-11/h1,4,7,11,13,18H,2-3,5-6,8-9H2/t13-,15?/m0/s1. The van der Waals surface area contributed by atoms with Crippen molar-refractivity contribution in [3.05, 3.63) is 29.6 Å². The Hall–Kier alpha value is -1.13. The molecule has 1 saturated carbocycles. The van der Waals surface area contributed by atoms with Gasteiger partial charge in [0.2, 0.25) is 0 Å². The van der Waals surface area contributed by atoms with Gasteiger partial charge in [0.1, 0.15) is 17.2 Å². The van der Waals surface area contributed by atoms with Crippen LogP contribution in [0.2, 0.25) is 0 Å². The van der Waals surface area contributed by atoms with Gasteiger partial charge in [0.05, 0.1) is 6.10 Å². The monoisotopic (exact) mass is 263 g/mol.